The van der Waals surface area contributed by atoms with Gasteiger partial charge in [0.15, 0.2) is 0 Å². The summed E-state index contributed by atoms with van der Waals surface area (Å²) in [5, 5.41) is 0. The van der Waals surface area contributed by atoms with E-state index in [-0.39, 0.29) is 15.8 Å². The SMILES string of the molecule is CN(C1CCCCC1Br)S(=O)(=O)c1cncc(F)c1. The molecule has 0 aromatic carbocycles. The molecule has 0 N–H and O–H groups in total. The Kier molecular flexibility index (Phi) is 4.58. The summed E-state index contributed by atoms with van der Waals surface area (Å²) in [7, 11) is -2.15. The number of sulfonamides is 1. The summed E-state index contributed by atoms with van der Waals surface area (Å²) in [5.74, 6) is -0.645. The summed E-state index contributed by atoms with van der Waals surface area (Å²) in [6, 6.07) is 0.910. The summed E-state index contributed by atoms with van der Waals surface area (Å²) in [5.41, 5.74) is 0. The number of alkyl halides is 1. The highest BCUT2D eigenvalue weighted by atomic mass is 79.9. The highest BCUT2D eigenvalue weighted by molar-refractivity contribution is 9.09. The molecule has 1 aromatic rings. The van der Waals surface area contributed by atoms with Crippen LogP contribution in [0.1, 0.15) is 25.7 Å². The quantitative estimate of drug-likeness (QED) is 0.787. The normalized spacial score (nSPS) is 24.6. The van der Waals surface area contributed by atoms with Crippen LogP contribution in [-0.4, -0.2) is 35.6 Å². The number of hydrogen-bond donors (Lipinski definition) is 0. The molecule has 1 aromatic heterocycles. The summed E-state index contributed by atoms with van der Waals surface area (Å²) >= 11 is 3.54. The van der Waals surface area contributed by atoms with Gasteiger partial charge >= 0.3 is 0 Å². The average Bonchev–Trinajstić information content (AvgIpc) is 2.38. The maximum absolute atomic E-state index is 13.1. The molecule has 0 bridgehead atoms. The van der Waals surface area contributed by atoms with Gasteiger partial charge in [0.25, 0.3) is 0 Å². The van der Waals surface area contributed by atoms with E-state index in [4.69, 9.17) is 0 Å². The van der Waals surface area contributed by atoms with Crippen molar-refractivity contribution in [1.29, 1.82) is 0 Å². The number of halogens is 2. The highest BCUT2D eigenvalue weighted by Crippen LogP contribution is 2.30. The van der Waals surface area contributed by atoms with E-state index in [2.05, 4.69) is 20.9 Å². The van der Waals surface area contributed by atoms with E-state index in [0.29, 0.717) is 0 Å². The molecule has 1 aliphatic carbocycles. The summed E-state index contributed by atoms with van der Waals surface area (Å²) in [4.78, 5) is 3.65. The molecular weight excluding hydrogens is 335 g/mol. The lowest BCUT2D eigenvalue weighted by atomic mass is 9.96. The van der Waals surface area contributed by atoms with Crippen LogP contribution in [0.5, 0.6) is 0 Å². The molecule has 2 atom stereocenters. The zero-order valence-corrected chi connectivity index (χ0v) is 13.0. The van der Waals surface area contributed by atoms with Crippen molar-refractivity contribution in [2.75, 3.05) is 7.05 Å². The van der Waals surface area contributed by atoms with Gasteiger partial charge in [-0.1, -0.05) is 28.8 Å². The van der Waals surface area contributed by atoms with E-state index in [9.17, 15) is 12.8 Å². The lowest BCUT2D eigenvalue weighted by Crippen LogP contribution is -2.44. The Bertz CT molecular complexity index is 552. The van der Waals surface area contributed by atoms with Gasteiger partial charge in [0.1, 0.15) is 10.7 Å². The number of nitrogens with zero attached hydrogens (tertiary/aromatic N) is 2. The molecule has 106 valence electrons. The van der Waals surface area contributed by atoms with Gasteiger partial charge < -0.3 is 0 Å². The van der Waals surface area contributed by atoms with Crippen LogP contribution in [0.4, 0.5) is 4.39 Å². The van der Waals surface area contributed by atoms with Crippen molar-refractivity contribution in [3.05, 3.63) is 24.3 Å². The number of rotatable bonds is 3. The van der Waals surface area contributed by atoms with Gasteiger partial charge in [-0.25, -0.2) is 12.8 Å². The third-order valence-corrected chi connectivity index (χ3v) is 6.39. The van der Waals surface area contributed by atoms with Crippen molar-refractivity contribution in [2.45, 2.75) is 41.4 Å². The van der Waals surface area contributed by atoms with Crippen molar-refractivity contribution in [2.24, 2.45) is 0 Å². The van der Waals surface area contributed by atoms with Gasteiger partial charge in [0.2, 0.25) is 10.0 Å². The Morgan fingerprint density at radius 3 is 2.68 bits per heavy atom. The van der Waals surface area contributed by atoms with Gasteiger partial charge in [-0.15, -0.1) is 0 Å². The van der Waals surface area contributed by atoms with E-state index in [1.54, 1.807) is 7.05 Å². The Labute approximate surface area is 121 Å². The minimum absolute atomic E-state index is 0.0954. The minimum Gasteiger partial charge on any atom is -0.260 e. The second kappa shape index (κ2) is 5.85. The monoisotopic (exact) mass is 350 g/mol. The van der Waals surface area contributed by atoms with Gasteiger partial charge in [-0.2, -0.15) is 4.31 Å². The predicted octanol–water partition coefficient (Wildman–Crippen LogP) is 2.55. The average molecular weight is 351 g/mol. The zero-order chi connectivity index (χ0) is 14.0. The van der Waals surface area contributed by atoms with Crippen LogP contribution in [0.15, 0.2) is 23.4 Å². The number of hydrogen-bond acceptors (Lipinski definition) is 3. The first kappa shape index (κ1) is 14.9. The molecule has 0 spiro atoms. The molecule has 0 aliphatic heterocycles. The first-order chi connectivity index (χ1) is 8.93. The lowest BCUT2D eigenvalue weighted by molar-refractivity contribution is 0.297. The Morgan fingerprint density at radius 2 is 2.05 bits per heavy atom. The van der Waals surface area contributed by atoms with Gasteiger partial charge in [-0.3, -0.25) is 4.98 Å². The molecule has 1 saturated carbocycles. The van der Waals surface area contributed by atoms with E-state index in [1.165, 1.54) is 10.5 Å². The maximum atomic E-state index is 13.1. The van der Waals surface area contributed by atoms with Crippen LogP contribution >= 0.6 is 15.9 Å². The molecule has 4 nitrogen and oxygen atoms in total. The molecule has 1 fully saturated rings. The van der Waals surface area contributed by atoms with Crippen molar-refractivity contribution >= 4 is 26.0 Å². The molecule has 1 heterocycles. The molecule has 0 radical (unpaired) electrons. The van der Waals surface area contributed by atoms with Crippen molar-refractivity contribution in [1.82, 2.24) is 9.29 Å². The first-order valence-electron chi connectivity index (χ1n) is 6.15. The molecule has 2 rings (SSSR count). The maximum Gasteiger partial charge on any atom is 0.244 e. The third-order valence-electron chi connectivity index (χ3n) is 3.47. The van der Waals surface area contributed by atoms with Crippen LogP contribution in [0.3, 0.4) is 0 Å². The smallest absolute Gasteiger partial charge is 0.244 e. The van der Waals surface area contributed by atoms with Crippen molar-refractivity contribution < 1.29 is 12.8 Å². The molecule has 0 saturated heterocycles. The lowest BCUT2D eigenvalue weighted by Gasteiger charge is -2.34. The topological polar surface area (TPSA) is 50.3 Å². The third kappa shape index (κ3) is 3.14. The van der Waals surface area contributed by atoms with Crippen LogP contribution in [0.25, 0.3) is 0 Å². The molecule has 2 unspecified atom stereocenters. The van der Waals surface area contributed by atoms with Crippen molar-refractivity contribution in [3.63, 3.8) is 0 Å². The fourth-order valence-corrected chi connectivity index (χ4v) is 4.85. The van der Waals surface area contributed by atoms with E-state index >= 15 is 0 Å². The molecule has 7 heteroatoms. The van der Waals surface area contributed by atoms with Crippen LogP contribution in [-0.2, 0) is 10.0 Å². The van der Waals surface area contributed by atoms with Crippen molar-refractivity contribution in [3.8, 4) is 0 Å². The molecule has 0 amide bonds. The number of pyridine rings is 1. The second-order valence-electron chi connectivity index (χ2n) is 4.73. The Hall–Kier alpha value is -0.530. The van der Waals surface area contributed by atoms with Crippen LogP contribution in [0, 0.1) is 5.82 Å². The Balaban J connectivity index is 2.28. The number of aromatic nitrogens is 1. The predicted molar refractivity (Wildman–Crippen MR) is 74.1 cm³/mol. The van der Waals surface area contributed by atoms with Gasteiger partial charge in [0, 0.05) is 24.1 Å². The second-order valence-corrected chi connectivity index (χ2v) is 7.90. The molecular formula is C12H16BrFN2O2S. The highest BCUT2D eigenvalue weighted by Gasteiger charge is 2.34. The first-order valence-corrected chi connectivity index (χ1v) is 8.51. The molecule has 1 aliphatic rings. The Morgan fingerprint density at radius 1 is 1.37 bits per heavy atom. The van der Waals surface area contributed by atoms with Gasteiger partial charge in [0.05, 0.1) is 6.20 Å². The zero-order valence-electron chi connectivity index (χ0n) is 10.6. The minimum atomic E-state index is -3.69. The summed E-state index contributed by atoms with van der Waals surface area (Å²) in [6.45, 7) is 0. The molecule has 19 heavy (non-hydrogen) atoms. The standard InChI is InChI=1S/C12H16BrFN2O2S/c1-16(12-5-3-2-4-11(12)13)19(17,18)10-6-9(14)7-15-8-10/h6-8,11-12H,2-5H2,1H3. The summed E-state index contributed by atoms with van der Waals surface area (Å²) < 4.78 is 39.3. The van der Waals surface area contributed by atoms with Gasteiger partial charge in [-0.05, 0) is 18.9 Å². The van der Waals surface area contributed by atoms with Crippen LogP contribution < -0.4 is 0 Å². The fraction of sp³-hybridized carbons (Fsp3) is 0.583. The van der Waals surface area contributed by atoms with E-state index in [1.807, 2.05) is 0 Å². The van der Waals surface area contributed by atoms with E-state index in [0.717, 1.165) is 37.9 Å². The fourth-order valence-electron chi connectivity index (χ4n) is 2.35. The summed E-state index contributed by atoms with van der Waals surface area (Å²) in [6.07, 6.45) is 6.05. The van der Waals surface area contributed by atoms with Crippen LogP contribution in [0.2, 0.25) is 0 Å². The van der Waals surface area contributed by atoms with E-state index < -0.39 is 15.8 Å². The largest absolute Gasteiger partial charge is 0.260 e.